The lowest BCUT2D eigenvalue weighted by Gasteiger charge is -2.35. The van der Waals surface area contributed by atoms with E-state index in [4.69, 9.17) is 4.74 Å². The minimum Gasteiger partial charge on any atom is -0.444 e. The van der Waals surface area contributed by atoms with Crippen LogP contribution in [-0.4, -0.2) is 73.4 Å². The van der Waals surface area contributed by atoms with Crippen molar-refractivity contribution in [1.29, 1.82) is 0 Å². The number of ether oxygens (including phenoxy) is 1. The minimum atomic E-state index is -0.509. The second-order valence-electron chi connectivity index (χ2n) is 7.29. The average Bonchev–Trinajstić information content (AvgIpc) is 3.13. The molecule has 0 N–H and O–H groups in total. The lowest BCUT2D eigenvalue weighted by Crippen LogP contribution is -2.51. The van der Waals surface area contributed by atoms with Gasteiger partial charge in [-0.2, -0.15) is 9.61 Å². The molecule has 0 spiro atoms. The van der Waals surface area contributed by atoms with Crippen LogP contribution < -0.4 is 0 Å². The molecule has 0 radical (unpaired) electrons. The average molecular weight is 380 g/mol. The molecule has 1 fully saturated rings. The van der Waals surface area contributed by atoms with E-state index in [2.05, 4.69) is 15.3 Å². The molecule has 142 valence electrons. The van der Waals surface area contributed by atoms with E-state index in [1.807, 2.05) is 27.7 Å². The third-order valence-electron chi connectivity index (χ3n) is 4.03. The second kappa shape index (κ2) is 7.18. The summed E-state index contributed by atoms with van der Waals surface area (Å²) in [6.45, 7) is 9.44. The van der Waals surface area contributed by atoms with Gasteiger partial charge < -0.3 is 14.5 Å². The lowest BCUT2D eigenvalue weighted by molar-refractivity contribution is -0.132. The number of hydrogen-bond donors (Lipinski definition) is 0. The molecule has 10 heteroatoms. The van der Waals surface area contributed by atoms with E-state index in [1.165, 1.54) is 11.3 Å². The highest BCUT2D eigenvalue weighted by molar-refractivity contribution is 7.16. The van der Waals surface area contributed by atoms with Gasteiger partial charge in [0.15, 0.2) is 5.82 Å². The Morgan fingerprint density at radius 2 is 1.77 bits per heavy atom. The summed E-state index contributed by atoms with van der Waals surface area (Å²) in [4.78, 5) is 28.7. The zero-order chi connectivity index (χ0) is 18.9. The number of carbonyl (C=O) groups excluding carboxylic acids is 2. The second-order valence-corrected chi connectivity index (χ2v) is 8.33. The first kappa shape index (κ1) is 18.6. The summed E-state index contributed by atoms with van der Waals surface area (Å²) in [6, 6.07) is 0. The van der Waals surface area contributed by atoms with Crippen LogP contribution in [0.5, 0.6) is 0 Å². The standard InChI is InChI=1S/C16H24N6O3S/c1-11-17-18-14-22(11)19-12(26-14)5-6-13(23)20-7-9-21(10-8-20)15(24)25-16(2,3)4/h5-10H2,1-4H3. The highest BCUT2D eigenvalue weighted by Crippen LogP contribution is 2.16. The summed E-state index contributed by atoms with van der Waals surface area (Å²) >= 11 is 1.45. The number of amides is 2. The maximum absolute atomic E-state index is 12.4. The van der Waals surface area contributed by atoms with Crippen molar-refractivity contribution in [2.75, 3.05) is 26.2 Å². The van der Waals surface area contributed by atoms with E-state index in [0.29, 0.717) is 39.0 Å². The van der Waals surface area contributed by atoms with Gasteiger partial charge in [-0.3, -0.25) is 4.79 Å². The Hall–Kier alpha value is -2.23. The molecule has 2 aromatic heterocycles. The third-order valence-corrected chi connectivity index (χ3v) is 4.98. The van der Waals surface area contributed by atoms with Crippen LogP contribution in [0.3, 0.4) is 0 Å². The van der Waals surface area contributed by atoms with E-state index in [0.717, 1.165) is 15.8 Å². The molecule has 0 bridgehead atoms. The zero-order valence-corrected chi connectivity index (χ0v) is 16.4. The fraction of sp³-hybridized carbons (Fsp3) is 0.688. The van der Waals surface area contributed by atoms with E-state index < -0.39 is 5.60 Å². The number of aryl methyl sites for hydroxylation is 2. The van der Waals surface area contributed by atoms with Gasteiger partial charge >= 0.3 is 6.09 Å². The van der Waals surface area contributed by atoms with E-state index >= 15 is 0 Å². The smallest absolute Gasteiger partial charge is 0.410 e. The highest BCUT2D eigenvalue weighted by Gasteiger charge is 2.27. The zero-order valence-electron chi connectivity index (χ0n) is 15.6. The molecular formula is C16H24N6O3S. The van der Waals surface area contributed by atoms with Crippen molar-refractivity contribution in [3.8, 4) is 0 Å². The van der Waals surface area contributed by atoms with Gasteiger partial charge in [-0.05, 0) is 27.7 Å². The molecule has 9 nitrogen and oxygen atoms in total. The first-order valence-corrected chi connectivity index (χ1v) is 9.48. The Morgan fingerprint density at radius 1 is 1.12 bits per heavy atom. The Kier molecular flexibility index (Phi) is 5.12. The summed E-state index contributed by atoms with van der Waals surface area (Å²) in [5.74, 6) is 0.823. The topological polar surface area (TPSA) is 92.9 Å². The van der Waals surface area contributed by atoms with Crippen LogP contribution in [0.1, 0.15) is 38.0 Å². The van der Waals surface area contributed by atoms with Gasteiger partial charge in [0.1, 0.15) is 10.6 Å². The molecule has 3 rings (SSSR count). The molecular weight excluding hydrogens is 356 g/mol. The van der Waals surface area contributed by atoms with Crippen molar-refractivity contribution in [2.24, 2.45) is 0 Å². The number of piperazine rings is 1. The first-order valence-electron chi connectivity index (χ1n) is 8.66. The largest absolute Gasteiger partial charge is 0.444 e. The van der Waals surface area contributed by atoms with E-state index in [-0.39, 0.29) is 12.0 Å². The summed E-state index contributed by atoms with van der Waals surface area (Å²) in [5.41, 5.74) is -0.509. The third kappa shape index (κ3) is 4.29. The monoisotopic (exact) mass is 380 g/mol. The van der Waals surface area contributed by atoms with Gasteiger partial charge in [0.2, 0.25) is 10.9 Å². The number of aromatic nitrogens is 4. The van der Waals surface area contributed by atoms with Crippen LogP contribution >= 0.6 is 11.3 Å². The maximum Gasteiger partial charge on any atom is 0.410 e. The van der Waals surface area contributed by atoms with Crippen molar-refractivity contribution < 1.29 is 14.3 Å². The van der Waals surface area contributed by atoms with Crippen molar-refractivity contribution in [3.63, 3.8) is 0 Å². The Morgan fingerprint density at radius 3 is 2.38 bits per heavy atom. The molecule has 0 aromatic carbocycles. The number of fused-ring (bicyclic) bond motifs is 1. The summed E-state index contributed by atoms with van der Waals surface area (Å²) in [7, 11) is 0. The molecule has 2 amide bonds. The fourth-order valence-electron chi connectivity index (χ4n) is 2.69. The normalized spacial score (nSPS) is 15.5. The minimum absolute atomic E-state index is 0.0801. The van der Waals surface area contributed by atoms with Crippen molar-refractivity contribution >= 4 is 28.3 Å². The highest BCUT2D eigenvalue weighted by atomic mass is 32.1. The first-order chi connectivity index (χ1) is 12.2. The molecule has 0 unspecified atom stereocenters. The molecule has 1 aliphatic rings. The number of rotatable bonds is 3. The maximum atomic E-state index is 12.4. The van der Waals surface area contributed by atoms with E-state index in [1.54, 1.807) is 14.3 Å². The number of nitrogens with zero attached hydrogens (tertiary/aromatic N) is 6. The Labute approximate surface area is 155 Å². The molecule has 1 aliphatic heterocycles. The molecule has 2 aromatic rings. The van der Waals surface area contributed by atoms with Crippen LogP contribution in [0.15, 0.2) is 0 Å². The molecule has 0 saturated carbocycles. The van der Waals surface area contributed by atoms with Gasteiger partial charge in [-0.1, -0.05) is 11.3 Å². The lowest BCUT2D eigenvalue weighted by atomic mass is 10.2. The van der Waals surface area contributed by atoms with Crippen LogP contribution in [0.2, 0.25) is 0 Å². The quantitative estimate of drug-likeness (QED) is 0.801. The number of hydrogen-bond acceptors (Lipinski definition) is 7. The predicted molar refractivity (Wildman–Crippen MR) is 96.1 cm³/mol. The summed E-state index contributed by atoms with van der Waals surface area (Å²) in [6.07, 6.45) is 0.661. The number of carbonyl (C=O) groups is 2. The van der Waals surface area contributed by atoms with Crippen LogP contribution in [-0.2, 0) is 16.0 Å². The van der Waals surface area contributed by atoms with Crippen LogP contribution in [0.25, 0.3) is 4.96 Å². The molecule has 3 heterocycles. The fourth-order valence-corrected chi connectivity index (χ4v) is 3.57. The van der Waals surface area contributed by atoms with Crippen LogP contribution in [0, 0.1) is 6.92 Å². The SMILES string of the molecule is Cc1nnc2sc(CCC(=O)N3CCN(C(=O)OC(C)(C)C)CC3)nn12. The molecule has 0 aliphatic carbocycles. The van der Waals surface area contributed by atoms with E-state index in [9.17, 15) is 9.59 Å². The van der Waals surface area contributed by atoms with Gasteiger partial charge in [-0.25, -0.2) is 4.79 Å². The van der Waals surface area contributed by atoms with Gasteiger partial charge in [0.05, 0.1) is 0 Å². The molecule has 1 saturated heterocycles. The molecule has 0 atom stereocenters. The van der Waals surface area contributed by atoms with Crippen LogP contribution in [0.4, 0.5) is 4.79 Å². The van der Waals surface area contributed by atoms with Crippen molar-refractivity contribution in [2.45, 2.75) is 46.1 Å². The van der Waals surface area contributed by atoms with Gasteiger partial charge in [0.25, 0.3) is 0 Å². The molecule has 26 heavy (non-hydrogen) atoms. The van der Waals surface area contributed by atoms with Crippen molar-refractivity contribution in [1.82, 2.24) is 29.6 Å². The van der Waals surface area contributed by atoms with Gasteiger partial charge in [-0.15, -0.1) is 10.2 Å². The summed E-state index contributed by atoms with van der Waals surface area (Å²) in [5, 5.41) is 13.3. The van der Waals surface area contributed by atoms with Gasteiger partial charge in [0, 0.05) is 39.0 Å². The Bertz CT molecular complexity index is 801. The summed E-state index contributed by atoms with van der Waals surface area (Å²) < 4.78 is 7.07. The van der Waals surface area contributed by atoms with Crippen molar-refractivity contribution in [3.05, 3.63) is 10.8 Å². The predicted octanol–water partition coefficient (Wildman–Crippen LogP) is 1.51. The Balaban J connectivity index is 1.47.